The number of nitrogens with zero attached hydrogens (tertiary/aromatic N) is 2. The van der Waals surface area contributed by atoms with Gasteiger partial charge in [0, 0.05) is 19.3 Å². The van der Waals surface area contributed by atoms with Crippen molar-refractivity contribution >= 4 is 17.5 Å². The second-order valence-electron chi connectivity index (χ2n) is 4.87. The van der Waals surface area contributed by atoms with E-state index in [2.05, 4.69) is 11.9 Å². The number of carbonyl (C=O) groups is 1. The molecule has 1 aliphatic heterocycles. The van der Waals surface area contributed by atoms with Crippen molar-refractivity contribution in [3.8, 4) is 0 Å². The standard InChI is InChI=1S/C14H19ClN2O/c1-2-11-4-3-8-17(9-7-11)14(18)12-5-6-13(15)16-10-12/h5-6,10-11H,2-4,7-9H2,1H3. The Balaban J connectivity index is 2.02. The van der Waals surface area contributed by atoms with Crippen LogP contribution in [0.5, 0.6) is 0 Å². The Hall–Kier alpha value is -1.09. The fraction of sp³-hybridized carbons (Fsp3) is 0.571. The van der Waals surface area contributed by atoms with Gasteiger partial charge in [-0.1, -0.05) is 24.9 Å². The van der Waals surface area contributed by atoms with Crippen molar-refractivity contribution in [2.45, 2.75) is 32.6 Å². The summed E-state index contributed by atoms with van der Waals surface area (Å²) in [6.45, 7) is 3.95. The smallest absolute Gasteiger partial charge is 0.255 e. The molecule has 2 rings (SSSR count). The summed E-state index contributed by atoms with van der Waals surface area (Å²) in [5, 5.41) is 0.425. The van der Waals surface area contributed by atoms with Crippen LogP contribution in [0.4, 0.5) is 0 Å². The first kappa shape index (κ1) is 13.3. The van der Waals surface area contributed by atoms with Crippen LogP contribution in [0.3, 0.4) is 0 Å². The number of hydrogen-bond acceptors (Lipinski definition) is 2. The van der Waals surface area contributed by atoms with Gasteiger partial charge in [0.15, 0.2) is 0 Å². The molecule has 1 atom stereocenters. The zero-order chi connectivity index (χ0) is 13.0. The summed E-state index contributed by atoms with van der Waals surface area (Å²) in [6.07, 6.45) is 6.23. The molecule has 1 amide bonds. The summed E-state index contributed by atoms with van der Waals surface area (Å²) in [6, 6.07) is 3.42. The van der Waals surface area contributed by atoms with Crippen LogP contribution in [-0.4, -0.2) is 28.9 Å². The number of amides is 1. The second-order valence-corrected chi connectivity index (χ2v) is 5.25. The zero-order valence-corrected chi connectivity index (χ0v) is 11.5. The van der Waals surface area contributed by atoms with E-state index in [0.29, 0.717) is 10.7 Å². The van der Waals surface area contributed by atoms with Gasteiger partial charge >= 0.3 is 0 Å². The molecule has 18 heavy (non-hydrogen) atoms. The SMILES string of the molecule is CCC1CCCN(C(=O)c2ccc(Cl)nc2)CC1. The highest BCUT2D eigenvalue weighted by molar-refractivity contribution is 6.29. The predicted molar refractivity (Wildman–Crippen MR) is 72.8 cm³/mol. The van der Waals surface area contributed by atoms with Gasteiger partial charge < -0.3 is 4.90 Å². The van der Waals surface area contributed by atoms with E-state index in [-0.39, 0.29) is 5.91 Å². The summed E-state index contributed by atoms with van der Waals surface area (Å²) < 4.78 is 0. The van der Waals surface area contributed by atoms with Gasteiger partial charge in [0.25, 0.3) is 5.91 Å². The molecule has 98 valence electrons. The van der Waals surface area contributed by atoms with Gasteiger partial charge in [0.05, 0.1) is 5.56 Å². The summed E-state index contributed by atoms with van der Waals surface area (Å²) in [7, 11) is 0. The molecule has 0 N–H and O–H groups in total. The predicted octanol–water partition coefficient (Wildman–Crippen LogP) is 3.39. The van der Waals surface area contributed by atoms with E-state index in [1.165, 1.54) is 12.8 Å². The number of pyridine rings is 1. The van der Waals surface area contributed by atoms with E-state index in [4.69, 9.17) is 11.6 Å². The molecule has 3 nitrogen and oxygen atoms in total. The lowest BCUT2D eigenvalue weighted by Gasteiger charge is -2.20. The molecule has 1 aliphatic rings. The van der Waals surface area contributed by atoms with E-state index in [1.807, 2.05) is 4.90 Å². The Kier molecular flexibility index (Phi) is 4.59. The molecule has 0 spiro atoms. The molecule has 1 unspecified atom stereocenters. The maximum atomic E-state index is 12.3. The van der Waals surface area contributed by atoms with E-state index in [1.54, 1.807) is 18.3 Å². The first-order valence-corrected chi connectivity index (χ1v) is 6.99. The van der Waals surface area contributed by atoms with Gasteiger partial charge in [0.1, 0.15) is 5.15 Å². The van der Waals surface area contributed by atoms with Crippen molar-refractivity contribution < 1.29 is 4.79 Å². The van der Waals surface area contributed by atoms with Crippen LogP contribution >= 0.6 is 11.6 Å². The van der Waals surface area contributed by atoms with Crippen LogP contribution in [0.1, 0.15) is 43.0 Å². The van der Waals surface area contributed by atoms with E-state index >= 15 is 0 Å². The highest BCUT2D eigenvalue weighted by atomic mass is 35.5. The third-order valence-electron chi connectivity index (χ3n) is 3.69. The molecule has 1 saturated heterocycles. The van der Waals surface area contributed by atoms with Crippen LogP contribution in [-0.2, 0) is 0 Å². The number of rotatable bonds is 2. The van der Waals surface area contributed by atoms with Gasteiger partial charge in [-0.15, -0.1) is 0 Å². The van der Waals surface area contributed by atoms with Crippen LogP contribution < -0.4 is 0 Å². The Morgan fingerprint density at radius 1 is 1.44 bits per heavy atom. The van der Waals surface area contributed by atoms with Crippen molar-refractivity contribution in [2.75, 3.05) is 13.1 Å². The Morgan fingerprint density at radius 2 is 2.28 bits per heavy atom. The molecule has 1 aromatic heterocycles. The second kappa shape index (κ2) is 6.19. The molecular formula is C14H19ClN2O. The lowest BCUT2D eigenvalue weighted by Crippen LogP contribution is -2.32. The monoisotopic (exact) mass is 266 g/mol. The first-order valence-electron chi connectivity index (χ1n) is 6.61. The third-order valence-corrected chi connectivity index (χ3v) is 3.91. The van der Waals surface area contributed by atoms with Gasteiger partial charge in [-0.2, -0.15) is 0 Å². The minimum atomic E-state index is 0.0796. The zero-order valence-electron chi connectivity index (χ0n) is 10.7. The number of hydrogen-bond donors (Lipinski definition) is 0. The third kappa shape index (κ3) is 3.22. The Labute approximate surface area is 113 Å². The number of carbonyl (C=O) groups excluding carboxylic acids is 1. The van der Waals surface area contributed by atoms with E-state index in [9.17, 15) is 4.79 Å². The number of aromatic nitrogens is 1. The Bertz CT molecular complexity index is 405. The van der Waals surface area contributed by atoms with Gasteiger partial charge in [0.2, 0.25) is 0 Å². The lowest BCUT2D eigenvalue weighted by molar-refractivity contribution is 0.0759. The summed E-state index contributed by atoms with van der Waals surface area (Å²) >= 11 is 5.73. The molecule has 0 saturated carbocycles. The molecule has 0 radical (unpaired) electrons. The topological polar surface area (TPSA) is 33.2 Å². The molecular weight excluding hydrogens is 248 g/mol. The first-order chi connectivity index (χ1) is 8.70. The molecule has 0 aliphatic carbocycles. The average Bonchev–Trinajstić information content (AvgIpc) is 2.64. The minimum absolute atomic E-state index is 0.0796. The lowest BCUT2D eigenvalue weighted by atomic mass is 9.98. The van der Waals surface area contributed by atoms with E-state index < -0.39 is 0 Å². The van der Waals surface area contributed by atoms with Crippen LogP contribution in [0, 0.1) is 5.92 Å². The van der Waals surface area contributed by atoms with Crippen LogP contribution in [0.2, 0.25) is 5.15 Å². The average molecular weight is 267 g/mol. The summed E-state index contributed by atoms with van der Waals surface area (Å²) in [5.41, 5.74) is 0.634. The quantitative estimate of drug-likeness (QED) is 0.769. The van der Waals surface area contributed by atoms with Crippen molar-refractivity contribution in [2.24, 2.45) is 5.92 Å². The largest absolute Gasteiger partial charge is 0.339 e. The fourth-order valence-electron chi connectivity index (χ4n) is 2.46. The highest BCUT2D eigenvalue weighted by Crippen LogP contribution is 2.21. The number of likely N-dealkylation sites (tertiary alicyclic amines) is 1. The van der Waals surface area contributed by atoms with Crippen molar-refractivity contribution in [3.63, 3.8) is 0 Å². The molecule has 0 bridgehead atoms. The maximum absolute atomic E-state index is 12.3. The molecule has 1 aromatic rings. The molecule has 2 heterocycles. The normalized spacial score (nSPS) is 20.6. The molecule has 0 aromatic carbocycles. The van der Waals surface area contributed by atoms with Gasteiger partial charge in [-0.25, -0.2) is 4.98 Å². The van der Waals surface area contributed by atoms with Crippen molar-refractivity contribution in [1.82, 2.24) is 9.88 Å². The van der Waals surface area contributed by atoms with Crippen molar-refractivity contribution in [3.05, 3.63) is 29.0 Å². The van der Waals surface area contributed by atoms with Crippen LogP contribution in [0.25, 0.3) is 0 Å². The molecule has 4 heteroatoms. The van der Waals surface area contributed by atoms with Crippen LogP contribution in [0.15, 0.2) is 18.3 Å². The van der Waals surface area contributed by atoms with E-state index in [0.717, 1.165) is 31.8 Å². The summed E-state index contributed by atoms with van der Waals surface area (Å²) in [4.78, 5) is 18.2. The molecule has 1 fully saturated rings. The highest BCUT2D eigenvalue weighted by Gasteiger charge is 2.20. The van der Waals surface area contributed by atoms with Crippen molar-refractivity contribution in [1.29, 1.82) is 0 Å². The number of halogens is 1. The maximum Gasteiger partial charge on any atom is 0.255 e. The summed E-state index contributed by atoms with van der Waals surface area (Å²) in [5.74, 6) is 0.849. The fourth-order valence-corrected chi connectivity index (χ4v) is 2.57. The van der Waals surface area contributed by atoms with Gasteiger partial charge in [-0.3, -0.25) is 4.79 Å². The van der Waals surface area contributed by atoms with Gasteiger partial charge in [-0.05, 0) is 37.3 Å². The minimum Gasteiger partial charge on any atom is -0.339 e. The Morgan fingerprint density at radius 3 is 2.94 bits per heavy atom.